The molecule has 0 radical (unpaired) electrons. The first-order valence-electron chi connectivity index (χ1n) is 4.03. The maximum Gasteiger partial charge on any atom is 0.233 e. The normalized spacial score (nSPS) is 10.9. The van der Waals surface area contributed by atoms with Gasteiger partial charge in [0.25, 0.3) is 0 Å². The lowest BCUT2D eigenvalue weighted by Crippen LogP contribution is -2.16. The lowest BCUT2D eigenvalue weighted by Gasteiger charge is -2.03. The van der Waals surface area contributed by atoms with E-state index in [1.807, 2.05) is 6.07 Å². The predicted molar refractivity (Wildman–Crippen MR) is 51.0 cm³/mol. The smallest absolute Gasteiger partial charge is 0.233 e. The van der Waals surface area contributed by atoms with E-state index < -0.39 is 10.0 Å². The Morgan fingerprint density at radius 1 is 1.71 bits per heavy atom. The van der Waals surface area contributed by atoms with E-state index in [1.54, 1.807) is 6.92 Å². The van der Waals surface area contributed by atoms with Gasteiger partial charge in [0.2, 0.25) is 10.0 Å². The van der Waals surface area contributed by atoms with Crippen molar-refractivity contribution in [2.45, 2.75) is 13.3 Å². The van der Waals surface area contributed by atoms with Crippen LogP contribution in [-0.2, 0) is 10.0 Å². The minimum atomic E-state index is -3.36. The van der Waals surface area contributed by atoms with Crippen molar-refractivity contribution in [3.05, 3.63) is 11.8 Å². The Kier molecular flexibility index (Phi) is 3.09. The Hall–Kier alpha value is -1.55. The van der Waals surface area contributed by atoms with Gasteiger partial charge in [0, 0.05) is 0 Å². The van der Waals surface area contributed by atoms with Crippen LogP contribution in [0.4, 0.5) is 5.82 Å². The highest BCUT2D eigenvalue weighted by Crippen LogP contribution is 2.11. The second-order valence-electron chi connectivity index (χ2n) is 2.69. The first-order valence-corrected chi connectivity index (χ1v) is 5.68. The number of nitriles is 1. The molecule has 0 bridgehead atoms. The third-order valence-electron chi connectivity index (χ3n) is 1.49. The number of H-pyrrole nitrogens is 1. The first kappa shape index (κ1) is 10.5. The highest BCUT2D eigenvalue weighted by molar-refractivity contribution is 7.92. The molecule has 2 N–H and O–H groups in total. The fourth-order valence-electron chi connectivity index (χ4n) is 0.924. The summed E-state index contributed by atoms with van der Waals surface area (Å²) >= 11 is 0. The Morgan fingerprint density at radius 3 is 3.00 bits per heavy atom. The van der Waals surface area contributed by atoms with Gasteiger partial charge in [0.1, 0.15) is 11.6 Å². The molecule has 0 saturated carbocycles. The fourth-order valence-corrected chi connectivity index (χ4v) is 2.03. The SMILES string of the molecule is CCCS(=O)(=O)Nc1[nH]ncc1C#N. The molecule has 0 amide bonds. The fraction of sp³-hybridized carbons (Fsp3) is 0.429. The molecule has 6 nitrogen and oxygen atoms in total. The number of anilines is 1. The average molecular weight is 214 g/mol. The zero-order valence-corrected chi connectivity index (χ0v) is 8.43. The van der Waals surface area contributed by atoms with E-state index in [2.05, 4.69) is 14.9 Å². The summed E-state index contributed by atoms with van der Waals surface area (Å²) in [5.74, 6) is 0.151. The third kappa shape index (κ3) is 2.47. The van der Waals surface area contributed by atoms with E-state index in [9.17, 15) is 8.42 Å². The van der Waals surface area contributed by atoms with Crippen LogP contribution in [0.15, 0.2) is 6.20 Å². The van der Waals surface area contributed by atoms with E-state index >= 15 is 0 Å². The molecule has 0 fully saturated rings. The molecule has 0 aliphatic rings. The molecule has 1 heterocycles. The molecule has 0 aliphatic carbocycles. The number of sulfonamides is 1. The number of nitrogens with zero attached hydrogens (tertiary/aromatic N) is 2. The first-order chi connectivity index (χ1) is 6.59. The average Bonchev–Trinajstić information content (AvgIpc) is 2.50. The monoisotopic (exact) mass is 214 g/mol. The summed E-state index contributed by atoms with van der Waals surface area (Å²) < 4.78 is 24.8. The summed E-state index contributed by atoms with van der Waals surface area (Å²) in [7, 11) is -3.36. The van der Waals surface area contributed by atoms with Crippen LogP contribution in [0.1, 0.15) is 18.9 Å². The molecule has 0 saturated heterocycles. The van der Waals surface area contributed by atoms with Gasteiger partial charge in [0.05, 0.1) is 11.9 Å². The van der Waals surface area contributed by atoms with Crippen LogP contribution in [0, 0.1) is 11.3 Å². The number of rotatable bonds is 4. The van der Waals surface area contributed by atoms with E-state index in [-0.39, 0.29) is 17.1 Å². The number of aromatic amines is 1. The lowest BCUT2D eigenvalue weighted by atomic mass is 10.4. The quantitative estimate of drug-likeness (QED) is 0.759. The third-order valence-corrected chi connectivity index (χ3v) is 2.95. The van der Waals surface area contributed by atoms with Gasteiger partial charge in [-0.05, 0) is 6.42 Å². The molecular weight excluding hydrogens is 204 g/mol. The Morgan fingerprint density at radius 2 is 2.43 bits per heavy atom. The lowest BCUT2D eigenvalue weighted by molar-refractivity contribution is 0.599. The Labute approximate surface area is 82.0 Å². The number of hydrogen-bond donors (Lipinski definition) is 2. The molecule has 7 heteroatoms. The van der Waals surface area contributed by atoms with Crippen LogP contribution in [0.2, 0.25) is 0 Å². The summed E-state index contributed by atoms with van der Waals surface area (Å²) in [6.45, 7) is 1.76. The molecule has 1 aromatic heterocycles. The van der Waals surface area contributed by atoms with Gasteiger partial charge >= 0.3 is 0 Å². The highest BCUT2D eigenvalue weighted by Gasteiger charge is 2.12. The molecule has 1 rings (SSSR count). The van der Waals surface area contributed by atoms with E-state index in [0.29, 0.717) is 6.42 Å². The minimum Gasteiger partial charge on any atom is -0.267 e. The second-order valence-corrected chi connectivity index (χ2v) is 4.53. The molecule has 0 spiro atoms. The van der Waals surface area contributed by atoms with Crippen LogP contribution in [-0.4, -0.2) is 24.4 Å². The van der Waals surface area contributed by atoms with Crippen LogP contribution in [0.3, 0.4) is 0 Å². The van der Waals surface area contributed by atoms with Gasteiger partial charge in [-0.3, -0.25) is 9.82 Å². The highest BCUT2D eigenvalue weighted by atomic mass is 32.2. The van der Waals surface area contributed by atoms with Crippen molar-refractivity contribution in [3.8, 4) is 6.07 Å². The van der Waals surface area contributed by atoms with Gasteiger partial charge in [-0.25, -0.2) is 8.42 Å². The molecule has 1 aromatic rings. The molecule has 14 heavy (non-hydrogen) atoms. The Bertz CT molecular complexity index is 443. The summed E-state index contributed by atoms with van der Waals surface area (Å²) in [6.07, 6.45) is 1.79. The van der Waals surface area contributed by atoms with Crippen molar-refractivity contribution in [1.29, 1.82) is 5.26 Å². The number of hydrogen-bond acceptors (Lipinski definition) is 4. The van der Waals surface area contributed by atoms with Gasteiger partial charge in [-0.2, -0.15) is 10.4 Å². The van der Waals surface area contributed by atoms with Gasteiger partial charge in [0.15, 0.2) is 5.82 Å². The summed E-state index contributed by atoms with van der Waals surface area (Å²) in [5.41, 5.74) is 0.185. The summed E-state index contributed by atoms with van der Waals surface area (Å²) in [6, 6.07) is 1.82. The van der Waals surface area contributed by atoms with Gasteiger partial charge in [-0.15, -0.1) is 0 Å². The zero-order chi connectivity index (χ0) is 10.6. The molecule has 0 aliphatic heterocycles. The standard InChI is InChI=1S/C7H10N4O2S/c1-2-3-14(12,13)11-7-6(4-8)5-9-10-7/h5H,2-3H2,1H3,(H2,9,10,11). The maximum atomic E-state index is 11.3. The summed E-state index contributed by atoms with van der Waals surface area (Å²) in [4.78, 5) is 0. The predicted octanol–water partition coefficient (Wildman–Crippen LogP) is 0.433. The largest absolute Gasteiger partial charge is 0.267 e. The molecule has 76 valence electrons. The van der Waals surface area contributed by atoms with E-state index in [4.69, 9.17) is 5.26 Å². The molecule has 0 unspecified atom stereocenters. The van der Waals surface area contributed by atoms with Crippen molar-refractivity contribution in [3.63, 3.8) is 0 Å². The molecule has 0 atom stereocenters. The van der Waals surface area contributed by atoms with Crippen molar-refractivity contribution < 1.29 is 8.42 Å². The Balaban J connectivity index is 2.85. The number of nitrogens with one attached hydrogen (secondary N) is 2. The number of aromatic nitrogens is 2. The molecular formula is C7H10N4O2S. The van der Waals surface area contributed by atoms with Crippen molar-refractivity contribution in [2.75, 3.05) is 10.5 Å². The summed E-state index contributed by atoms with van der Waals surface area (Å²) in [5, 5.41) is 14.6. The molecule has 0 aromatic carbocycles. The van der Waals surface area contributed by atoms with Gasteiger partial charge in [-0.1, -0.05) is 6.92 Å². The van der Waals surface area contributed by atoms with Crippen LogP contribution >= 0.6 is 0 Å². The topological polar surface area (TPSA) is 98.6 Å². The van der Waals surface area contributed by atoms with Crippen LogP contribution in [0.5, 0.6) is 0 Å². The van der Waals surface area contributed by atoms with Crippen LogP contribution in [0.25, 0.3) is 0 Å². The minimum absolute atomic E-state index is 0.0247. The van der Waals surface area contributed by atoms with Crippen LogP contribution < -0.4 is 4.72 Å². The van der Waals surface area contributed by atoms with E-state index in [0.717, 1.165) is 0 Å². The maximum absolute atomic E-state index is 11.3. The zero-order valence-electron chi connectivity index (χ0n) is 7.61. The van der Waals surface area contributed by atoms with Gasteiger partial charge < -0.3 is 0 Å². The second kappa shape index (κ2) is 4.11. The van der Waals surface area contributed by atoms with E-state index in [1.165, 1.54) is 6.20 Å². The van der Waals surface area contributed by atoms with Crippen molar-refractivity contribution in [1.82, 2.24) is 10.2 Å². The van der Waals surface area contributed by atoms with Crippen molar-refractivity contribution in [2.24, 2.45) is 0 Å². The van der Waals surface area contributed by atoms with Crippen molar-refractivity contribution >= 4 is 15.8 Å².